The lowest BCUT2D eigenvalue weighted by Gasteiger charge is -2.38. The molecule has 0 aromatic heterocycles. The zero-order valence-electron chi connectivity index (χ0n) is 10.9. The summed E-state index contributed by atoms with van der Waals surface area (Å²) in [5.41, 5.74) is 5.94. The summed E-state index contributed by atoms with van der Waals surface area (Å²) in [6, 6.07) is 0.209. The van der Waals surface area contributed by atoms with E-state index in [0.717, 1.165) is 19.5 Å². The third-order valence-corrected chi connectivity index (χ3v) is 3.58. The van der Waals surface area contributed by atoms with Crippen molar-refractivity contribution in [1.29, 1.82) is 0 Å². The lowest BCUT2D eigenvalue weighted by molar-refractivity contribution is -0.134. The monoisotopic (exact) mass is 227 g/mol. The van der Waals surface area contributed by atoms with Gasteiger partial charge in [0, 0.05) is 26.7 Å². The molecule has 0 bridgehead atoms. The zero-order chi connectivity index (χ0) is 12.3. The molecular weight excluding hydrogens is 202 g/mol. The molecule has 0 aliphatic carbocycles. The van der Waals surface area contributed by atoms with Gasteiger partial charge in [0.15, 0.2) is 0 Å². The summed E-state index contributed by atoms with van der Waals surface area (Å²) >= 11 is 0. The van der Waals surface area contributed by atoms with Crippen LogP contribution < -0.4 is 5.73 Å². The Bertz CT molecular complexity index is 240. The van der Waals surface area contributed by atoms with E-state index >= 15 is 0 Å². The summed E-state index contributed by atoms with van der Waals surface area (Å²) in [6.45, 7) is 6.03. The molecule has 1 aliphatic rings. The second-order valence-corrected chi connectivity index (χ2v) is 5.16. The Labute approximate surface area is 98.8 Å². The van der Waals surface area contributed by atoms with Gasteiger partial charge in [-0.3, -0.25) is 9.69 Å². The highest BCUT2D eigenvalue weighted by molar-refractivity contribution is 5.80. The van der Waals surface area contributed by atoms with E-state index in [1.165, 1.54) is 6.42 Å². The van der Waals surface area contributed by atoms with Gasteiger partial charge in [0.05, 0.1) is 6.04 Å². The minimum Gasteiger partial charge on any atom is -0.347 e. The average Bonchev–Trinajstić information content (AvgIpc) is 2.27. The van der Waals surface area contributed by atoms with Crippen molar-refractivity contribution in [1.82, 2.24) is 9.80 Å². The van der Waals surface area contributed by atoms with Crippen molar-refractivity contribution in [3.8, 4) is 0 Å². The minimum atomic E-state index is -0.0171. The van der Waals surface area contributed by atoms with Gasteiger partial charge in [-0.25, -0.2) is 0 Å². The van der Waals surface area contributed by atoms with Crippen LogP contribution >= 0.6 is 0 Å². The number of hydrogen-bond donors (Lipinski definition) is 1. The third-order valence-electron chi connectivity index (χ3n) is 3.58. The molecule has 3 atom stereocenters. The molecule has 0 aromatic rings. The van der Waals surface area contributed by atoms with Crippen LogP contribution in [0.5, 0.6) is 0 Å². The first-order valence-corrected chi connectivity index (χ1v) is 6.14. The number of nitrogens with two attached hydrogens (primary N) is 1. The maximum Gasteiger partial charge on any atom is 0.239 e. The Kier molecular flexibility index (Phi) is 4.74. The maximum absolute atomic E-state index is 11.9. The fraction of sp³-hybridized carbons (Fsp3) is 0.917. The molecule has 94 valence electrons. The molecule has 4 heteroatoms. The summed E-state index contributed by atoms with van der Waals surface area (Å²) in [4.78, 5) is 15.8. The van der Waals surface area contributed by atoms with Crippen molar-refractivity contribution >= 4 is 5.91 Å². The summed E-state index contributed by atoms with van der Waals surface area (Å²) < 4.78 is 0. The second kappa shape index (κ2) is 5.64. The van der Waals surface area contributed by atoms with E-state index in [0.29, 0.717) is 5.92 Å². The lowest BCUT2D eigenvalue weighted by atomic mass is 9.91. The van der Waals surface area contributed by atoms with Gasteiger partial charge in [0.1, 0.15) is 0 Å². The number of likely N-dealkylation sites (N-methyl/N-ethyl adjacent to an activating group) is 1. The summed E-state index contributed by atoms with van der Waals surface area (Å²) in [5, 5.41) is 0. The van der Waals surface area contributed by atoms with Gasteiger partial charge < -0.3 is 10.6 Å². The Morgan fingerprint density at radius 1 is 1.44 bits per heavy atom. The molecule has 1 amide bonds. The van der Waals surface area contributed by atoms with Gasteiger partial charge in [-0.1, -0.05) is 0 Å². The molecule has 3 unspecified atom stereocenters. The highest BCUT2D eigenvalue weighted by atomic mass is 16.2. The number of carbonyl (C=O) groups is 1. The first-order valence-electron chi connectivity index (χ1n) is 6.14. The topological polar surface area (TPSA) is 49.6 Å². The normalized spacial score (nSPS) is 26.2. The first kappa shape index (κ1) is 13.5. The molecule has 1 saturated heterocycles. The van der Waals surface area contributed by atoms with Crippen molar-refractivity contribution in [2.45, 2.75) is 38.8 Å². The average molecular weight is 227 g/mol. The van der Waals surface area contributed by atoms with E-state index in [-0.39, 0.29) is 18.0 Å². The molecule has 2 N–H and O–H groups in total. The van der Waals surface area contributed by atoms with Gasteiger partial charge in [-0.05, 0) is 39.2 Å². The van der Waals surface area contributed by atoms with Crippen LogP contribution in [0.1, 0.15) is 26.7 Å². The second-order valence-electron chi connectivity index (χ2n) is 5.16. The van der Waals surface area contributed by atoms with Crippen molar-refractivity contribution < 1.29 is 4.79 Å². The fourth-order valence-corrected chi connectivity index (χ4v) is 2.35. The molecule has 0 saturated carbocycles. The number of hydrogen-bond acceptors (Lipinski definition) is 3. The molecular formula is C12H25N3O. The molecule has 0 spiro atoms. The van der Waals surface area contributed by atoms with Gasteiger partial charge in [0.2, 0.25) is 5.91 Å². The van der Waals surface area contributed by atoms with Crippen molar-refractivity contribution in [2.24, 2.45) is 11.7 Å². The van der Waals surface area contributed by atoms with E-state index in [4.69, 9.17) is 5.73 Å². The molecule has 1 fully saturated rings. The third kappa shape index (κ3) is 3.19. The first-order chi connectivity index (χ1) is 7.43. The molecule has 4 nitrogen and oxygen atoms in total. The molecule has 0 aromatic carbocycles. The van der Waals surface area contributed by atoms with E-state index < -0.39 is 0 Å². The van der Waals surface area contributed by atoms with Crippen LogP contribution in [0.3, 0.4) is 0 Å². The lowest BCUT2D eigenvalue weighted by Crippen LogP contribution is -2.51. The van der Waals surface area contributed by atoms with E-state index in [9.17, 15) is 4.79 Å². The number of rotatable bonds is 3. The Morgan fingerprint density at radius 3 is 2.56 bits per heavy atom. The Hall–Kier alpha value is -0.610. The SMILES string of the molecule is CC(N)C1CCCN(C(C)C(=O)N(C)C)C1. The number of amides is 1. The summed E-state index contributed by atoms with van der Waals surface area (Å²) in [6.07, 6.45) is 2.34. The van der Waals surface area contributed by atoms with Crippen LogP contribution in [0.2, 0.25) is 0 Å². The predicted octanol–water partition coefficient (Wildman–Crippen LogP) is 0.522. The number of likely N-dealkylation sites (tertiary alicyclic amines) is 1. The highest BCUT2D eigenvalue weighted by Crippen LogP contribution is 2.20. The van der Waals surface area contributed by atoms with Crippen molar-refractivity contribution in [3.05, 3.63) is 0 Å². The largest absolute Gasteiger partial charge is 0.347 e. The van der Waals surface area contributed by atoms with Crippen molar-refractivity contribution in [2.75, 3.05) is 27.2 Å². The van der Waals surface area contributed by atoms with Crippen LogP contribution in [-0.4, -0.2) is 55.0 Å². The van der Waals surface area contributed by atoms with Gasteiger partial charge >= 0.3 is 0 Å². The number of carbonyl (C=O) groups excluding carboxylic acids is 1. The molecule has 16 heavy (non-hydrogen) atoms. The quantitative estimate of drug-likeness (QED) is 0.765. The van der Waals surface area contributed by atoms with Crippen LogP contribution in [-0.2, 0) is 4.79 Å². The van der Waals surface area contributed by atoms with Crippen LogP contribution in [0, 0.1) is 5.92 Å². The molecule has 0 radical (unpaired) electrons. The van der Waals surface area contributed by atoms with Gasteiger partial charge in [-0.2, -0.15) is 0 Å². The van der Waals surface area contributed by atoms with Gasteiger partial charge in [0.25, 0.3) is 0 Å². The smallest absolute Gasteiger partial charge is 0.239 e. The Morgan fingerprint density at radius 2 is 2.06 bits per heavy atom. The number of piperidine rings is 1. The zero-order valence-corrected chi connectivity index (χ0v) is 10.9. The Balaban J connectivity index is 2.56. The van der Waals surface area contributed by atoms with Crippen LogP contribution in [0.25, 0.3) is 0 Å². The highest BCUT2D eigenvalue weighted by Gasteiger charge is 2.29. The standard InChI is InChI=1S/C12H25N3O/c1-9(13)11-6-5-7-15(8-11)10(2)12(16)14(3)4/h9-11H,5-8,13H2,1-4H3. The predicted molar refractivity (Wildman–Crippen MR) is 66.1 cm³/mol. The van der Waals surface area contributed by atoms with Crippen LogP contribution in [0.15, 0.2) is 0 Å². The van der Waals surface area contributed by atoms with E-state index in [1.807, 2.05) is 21.0 Å². The maximum atomic E-state index is 11.9. The molecule has 1 rings (SSSR count). The van der Waals surface area contributed by atoms with Crippen molar-refractivity contribution in [3.63, 3.8) is 0 Å². The fourth-order valence-electron chi connectivity index (χ4n) is 2.35. The minimum absolute atomic E-state index is 0.0171. The van der Waals surface area contributed by atoms with Gasteiger partial charge in [-0.15, -0.1) is 0 Å². The molecule has 1 aliphatic heterocycles. The number of nitrogens with zero attached hydrogens (tertiary/aromatic N) is 2. The van der Waals surface area contributed by atoms with E-state index in [1.54, 1.807) is 4.90 Å². The summed E-state index contributed by atoms with van der Waals surface area (Å²) in [7, 11) is 3.62. The van der Waals surface area contributed by atoms with E-state index in [2.05, 4.69) is 11.8 Å². The molecule has 1 heterocycles. The van der Waals surface area contributed by atoms with Crippen LogP contribution in [0.4, 0.5) is 0 Å². The summed E-state index contributed by atoms with van der Waals surface area (Å²) in [5.74, 6) is 0.719.